The van der Waals surface area contributed by atoms with E-state index in [1.165, 1.54) is 12.5 Å². The highest BCUT2D eigenvalue weighted by molar-refractivity contribution is 7.89. The van der Waals surface area contributed by atoms with Gasteiger partial charge in [0, 0.05) is 17.3 Å². The first-order valence-electron chi connectivity index (χ1n) is 6.75. The molecule has 2 rings (SSSR count). The van der Waals surface area contributed by atoms with Gasteiger partial charge in [-0.1, -0.05) is 23.7 Å². The van der Waals surface area contributed by atoms with Crippen LogP contribution in [0.15, 0.2) is 41.8 Å². The second-order valence-corrected chi connectivity index (χ2v) is 7.26. The maximum Gasteiger partial charge on any atom is 0.260 e. The Morgan fingerprint density at radius 2 is 1.95 bits per heavy atom. The summed E-state index contributed by atoms with van der Waals surface area (Å²) >= 11 is 5.81. The summed E-state index contributed by atoms with van der Waals surface area (Å²) in [6.07, 6.45) is 2.93. The van der Waals surface area contributed by atoms with Crippen molar-refractivity contribution < 1.29 is 13.5 Å². The van der Waals surface area contributed by atoms with Gasteiger partial charge >= 0.3 is 0 Å². The fourth-order valence-corrected chi connectivity index (χ4v) is 3.17. The van der Waals surface area contributed by atoms with Gasteiger partial charge in [-0.2, -0.15) is 4.72 Å². The SMILES string of the molecule is CC(C)n1cnc(S(=O)(=O)NC(CO)c2ccc(Cl)cc2)c1. The molecular weight excluding hydrogens is 326 g/mol. The third kappa shape index (κ3) is 3.86. The molecule has 1 unspecified atom stereocenters. The summed E-state index contributed by atoms with van der Waals surface area (Å²) in [5.41, 5.74) is 0.624. The van der Waals surface area contributed by atoms with E-state index in [0.29, 0.717) is 10.6 Å². The predicted octanol–water partition coefficient (Wildman–Crippen LogP) is 2.13. The van der Waals surface area contributed by atoms with Crippen LogP contribution in [0.5, 0.6) is 0 Å². The van der Waals surface area contributed by atoms with Crippen LogP contribution in [0.3, 0.4) is 0 Å². The fraction of sp³-hybridized carbons (Fsp3) is 0.357. The minimum absolute atomic E-state index is 0.0754. The Bertz CT molecular complexity index is 726. The summed E-state index contributed by atoms with van der Waals surface area (Å²) in [4.78, 5) is 3.91. The molecule has 0 aliphatic rings. The molecule has 0 spiro atoms. The first-order valence-corrected chi connectivity index (χ1v) is 8.61. The van der Waals surface area contributed by atoms with Gasteiger partial charge in [0.25, 0.3) is 10.0 Å². The van der Waals surface area contributed by atoms with Gasteiger partial charge in [0.2, 0.25) is 0 Å². The van der Waals surface area contributed by atoms with E-state index in [1.807, 2.05) is 13.8 Å². The molecular formula is C14H18ClN3O3S. The number of hydrogen-bond acceptors (Lipinski definition) is 4. The molecule has 1 aromatic carbocycles. The predicted molar refractivity (Wildman–Crippen MR) is 84.2 cm³/mol. The highest BCUT2D eigenvalue weighted by Crippen LogP contribution is 2.19. The molecule has 0 aliphatic heterocycles. The Hall–Kier alpha value is -1.41. The number of aliphatic hydroxyl groups is 1. The lowest BCUT2D eigenvalue weighted by atomic mass is 10.1. The summed E-state index contributed by atoms with van der Waals surface area (Å²) in [6.45, 7) is 3.48. The molecule has 0 saturated heterocycles. The van der Waals surface area contributed by atoms with E-state index in [9.17, 15) is 13.5 Å². The maximum absolute atomic E-state index is 12.4. The van der Waals surface area contributed by atoms with Gasteiger partial charge in [-0.3, -0.25) is 0 Å². The van der Waals surface area contributed by atoms with Crippen LogP contribution in [0.1, 0.15) is 31.5 Å². The topological polar surface area (TPSA) is 84.2 Å². The molecule has 6 nitrogen and oxygen atoms in total. The van der Waals surface area contributed by atoms with Crippen LogP contribution >= 0.6 is 11.6 Å². The van der Waals surface area contributed by atoms with Gasteiger partial charge < -0.3 is 9.67 Å². The Balaban J connectivity index is 2.23. The summed E-state index contributed by atoms with van der Waals surface area (Å²) < 4.78 is 28.9. The van der Waals surface area contributed by atoms with Crippen molar-refractivity contribution in [2.24, 2.45) is 0 Å². The van der Waals surface area contributed by atoms with E-state index in [4.69, 9.17) is 11.6 Å². The van der Waals surface area contributed by atoms with Crippen molar-refractivity contribution in [3.63, 3.8) is 0 Å². The number of nitrogens with one attached hydrogen (secondary N) is 1. The van der Waals surface area contributed by atoms with Crippen LogP contribution in [0, 0.1) is 0 Å². The van der Waals surface area contributed by atoms with E-state index in [2.05, 4.69) is 9.71 Å². The largest absolute Gasteiger partial charge is 0.394 e. The van der Waals surface area contributed by atoms with Crippen LogP contribution in [-0.2, 0) is 10.0 Å². The molecule has 2 N–H and O–H groups in total. The van der Waals surface area contributed by atoms with Gasteiger partial charge in [-0.15, -0.1) is 0 Å². The van der Waals surface area contributed by atoms with Crippen LogP contribution in [0.4, 0.5) is 0 Å². The van der Waals surface area contributed by atoms with Crippen molar-refractivity contribution >= 4 is 21.6 Å². The lowest BCUT2D eigenvalue weighted by Crippen LogP contribution is -2.31. The molecule has 22 heavy (non-hydrogen) atoms. The first kappa shape index (κ1) is 17.0. The monoisotopic (exact) mass is 343 g/mol. The summed E-state index contributed by atoms with van der Waals surface area (Å²) in [6, 6.07) is 5.97. The Labute approximate surface area is 134 Å². The Morgan fingerprint density at radius 1 is 1.32 bits per heavy atom. The molecule has 0 aliphatic carbocycles. The lowest BCUT2D eigenvalue weighted by molar-refractivity contribution is 0.259. The van der Waals surface area contributed by atoms with Gasteiger partial charge in [0.1, 0.15) is 0 Å². The van der Waals surface area contributed by atoms with Crippen LogP contribution < -0.4 is 4.72 Å². The molecule has 120 valence electrons. The second kappa shape index (κ2) is 6.78. The first-order chi connectivity index (χ1) is 10.3. The zero-order chi connectivity index (χ0) is 16.3. The molecule has 0 radical (unpaired) electrons. The van der Waals surface area contributed by atoms with Crippen molar-refractivity contribution in [3.05, 3.63) is 47.4 Å². The summed E-state index contributed by atoms with van der Waals surface area (Å²) in [7, 11) is -3.82. The number of halogens is 1. The quantitative estimate of drug-likeness (QED) is 0.841. The number of imidazole rings is 1. The molecule has 0 amide bonds. The number of rotatable bonds is 6. The lowest BCUT2D eigenvalue weighted by Gasteiger charge is -2.16. The smallest absolute Gasteiger partial charge is 0.260 e. The van der Waals surface area contributed by atoms with Crippen molar-refractivity contribution in [1.29, 1.82) is 0 Å². The highest BCUT2D eigenvalue weighted by atomic mass is 35.5. The summed E-state index contributed by atoms with van der Waals surface area (Å²) in [5.74, 6) is 0. The average Bonchev–Trinajstić information content (AvgIpc) is 2.97. The average molecular weight is 344 g/mol. The molecule has 0 saturated carbocycles. The van der Waals surface area contributed by atoms with Crippen molar-refractivity contribution in [3.8, 4) is 0 Å². The van der Waals surface area contributed by atoms with Gasteiger partial charge in [-0.05, 0) is 31.5 Å². The molecule has 8 heteroatoms. The molecule has 2 aromatic rings. The standard InChI is InChI=1S/C14H18ClN3O3S/c1-10(2)18-7-14(16-9-18)22(20,21)17-13(8-19)11-3-5-12(15)6-4-11/h3-7,9-10,13,17,19H,8H2,1-2H3. The van der Waals surface area contributed by atoms with Crippen LogP contribution in [0.2, 0.25) is 5.02 Å². The zero-order valence-corrected chi connectivity index (χ0v) is 13.8. The molecule has 1 aromatic heterocycles. The van der Waals surface area contributed by atoms with Gasteiger partial charge in [0.05, 0.1) is 19.0 Å². The number of sulfonamides is 1. The van der Waals surface area contributed by atoms with E-state index >= 15 is 0 Å². The third-order valence-electron chi connectivity index (χ3n) is 3.20. The van der Waals surface area contributed by atoms with Gasteiger partial charge in [-0.25, -0.2) is 13.4 Å². The number of benzene rings is 1. The van der Waals surface area contributed by atoms with E-state index in [-0.39, 0.29) is 17.7 Å². The van der Waals surface area contributed by atoms with E-state index in [1.54, 1.807) is 28.8 Å². The maximum atomic E-state index is 12.4. The number of nitrogens with zero attached hydrogens (tertiary/aromatic N) is 2. The van der Waals surface area contributed by atoms with E-state index < -0.39 is 16.1 Å². The molecule has 1 heterocycles. The van der Waals surface area contributed by atoms with Crippen molar-refractivity contribution in [1.82, 2.24) is 14.3 Å². The van der Waals surface area contributed by atoms with Crippen LogP contribution in [0.25, 0.3) is 0 Å². The van der Waals surface area contributed by atoms with E-state index in [0.717, 1.165) is 0 Å². The summed E-state index contributed by atoms with van der Waals surface area (Å²) in [5, 5.41) is 9.93. The number of hydrogen-bond donors (Lipinski definition) is 2. The molecule has 0 bridgehead atoms. The van der Waals surface area contributed by atoms with Gasteiger partial charge in [0.15, 0.2) is 5.03 Å². The molecule has 0 fully saturated rings. The number of aromatic nitrogens is 2. The Kier molecular flexibility index (Phi) is 5.23. The number of aliphatic hydroxyl groups excluding tert-OH is 1. The van der Waals surface area contributed by atoms with Crippen molar-refractivity contribution in [2.45, 2.75) is 31.0 Å². The minimum atomic E-state index is -3.82. The second-order valence-electron chi connectivity index (χ2n) is 5.16. The van der Waals surface area contributed by atoms with Crippen molar-refractivity contribution in [2.75, 3.05) is 6.61 Å². The minimum Gasteiger partial charge on any atom is -0.394 e. The third-order valence-corrected chi connectivity index (χ3v) is 4.81. The van der Waals surface area contributed by atoms with Crippen LogP contribution in [-0.4, -0.2) is 29.7 Å². The molecule has 1 atom stereocenters. The Morgan fingerprint density at radius 3 is 2.45 bits per heavy atom. The zero-order valence-electron chi connectivity index (χ0n) is 12.3. The highest BCUT2D eigenvalue weighted by Gasteiger charge is 2.23. The normalized spacial score (nSPS) is 13.5. The fourth-order valence-electron chi connectivity index (χ4n) is 1.89.